The predicted molar refractivity (Wildman–Crippen MR) is 105 cm³/mol. The number of hydrogen-bond donors (Lipinski definition) is 1. The van der Waals surface area contributed by atoms with Gasteiger partial charge in [0.1, 0.15) is 0 Å². The molecule has 0 saturated carbocycles. The van der Waals surface area contributed by atoms with Crippen molar-refractivity contribution >= 4 is 18.3 Å². The normalized spacial score (nSPS) is 17.1. The Morgan fingerprint density at radius 2 is 1.92 bits per heavy atom. The van der Waals surface area contributed by atoms with Crippen LogP contribution in [0, 0.1) is 13.8 Å². The summed E-state index contributed by atoms with van der Waals surface area (Å²) in [5.41, 5.74) is 12.5. The lowest BCUT2D eigenvalue weighted by Gasteiger charge is -2.29. The van der Waals surface area contributed by atoms with E-state index < -0.39 is 0 Å². The van der Waals surface area contributed by atoms with Crippen molar-refractivity contribution in [1.29, 1.82) is 0 Å². The molecule has 1 saturated heterocycles. The van der Waals surface area contributed by atoms with Gasteiger partial charge in [-0.3, -0.25) is 4.79 Å². The number of nitrogens with zero attached hydrogens (tertiary/aromatic N) is 3. The smallest absolute Gasteiger partial charge is 0.274 e. The van der Waals surface area contributed by atoms with Crippen LogP contribution in [0.25, 0.3) is 5.69 Å². The van der Waals surface area contributed by atoms with Crippen molar-refractivity contribution in [3.05, 3.63) is 46.3 Å². The Hall–Kier alpha value is -1.85. The van der Waals surface area contributed by atoms with Gasteiger partial charge in [-0.1, -0.05) is 17.7 Å². The van der Waals surface area contributed by atoms with E-state index in [-0.39, 0.29) is 24.4 Å². The molecule has 0 atom stereocenters. The second kappa shape index (κ2) is 7.41. The highest BCUT2D eigenvalue weighted by atomic mass is 35.5. The fraction of sp³-hybridized carbons (Fsp3) is 0.500. The molecular weight excluding hydrogens is 348 g/mol. The third-order valence-electron chi connectivity index (χ3n) is 5.54. The van der Waals surface area contributed by atoms with Crippen molar-refractivity contribution in [2.75, 3.05) is 13.1 Å². The predicted octanol–water partition coefficient (Wildman–Crippen LogP) is 2.96. The van der Waals surface area contributed by atoms with Crippen LogP contribution in [0.4, 0.5) is 0 Å². The summed E-state index contributed by atoms with van der Waals surface area (Å²) < 4.78 is 2.01. The Kier molecular flexibility index (Phi) is 5.39. The number of likely N-dealkylation sites (tertiary alicyclic amines) is 1. The Labute approximate surface area is 161 Å². The van der Waals surface area contributed by atoms with Crippen molar-refractivity contribution in [3.8, 4) is 5.69 Å². The maximum atomic E-state index is 13.1. The zero-order valence-electron chi connectivity index (χ0n) is 15.5. The number of fused-ring (bicyclic) bond motifs is 1. The molecule has 0 unspecified atom stereocenters. The molecule has 2 aromatic rings. The zero-order chi connectivity index (χ0) is 17.6. The van der Waals surface area contributed by atoms with E-state index in [2.05, 4.69) is 32.0 Å². The van der Waals surface area contributed by atoms with Crippen LogP contribution in [-0.4, -0.2) is 39.7 Å². The summed E-state index contributed by atoms with van der Waals surface area (Å²) in [5.74, 6) is 0.0774. The van der Waals surface area contributed by atoms with Gasteiger partial charge in [-0.05, 0) is 57.6 Å². The Morgan fingerprint density at radius 1 is 1.19 bits per heavy atom. The van der Waals surface area contributed by atoms with Crippen molar-refractivity contribution in [3.63, 3.8) is 0 Å². The first-order valence-electron chi connectivity index (χ1n) is 9.28. The summed E-state index contributed by atoms with van der Waals surface area (Å²) in [6.07, 6.45) is 4.81. The minimum absolute atomic E-state index is 0. The summed E-state index contributed by atoms with van der Waals surface area (Å²) in [5, 5.41) is 4.78. The quantitative estimate of drug-likeness (QED) is 0.878. The topological polar surface area (TPSA) is 64.2 Å². The Morgan fingerprint density at radius 3 is 2.62 bits per heavy atom. The molecule has 1 aliphatic carbocycles. The average molecular weight is 375 g/mol. The summed E-state index contributed by atoms with van der Waals surface area (Å²) in [6, 6.07) is 6.62. The number of carbonyl (C=O) groups is 1. The van der Waals surface area contributed by atoms with E-state index in [1.165, 1.54) is 16.8 Å². The van der Waals surface area contributed by atoms with Crippen LogP contribution >= 0.6 is 12.4 Å². The Bertz CT molecular complexity index is 821. The minimum Gasteiger partial charge on any atom is -0.337 e. The number of rotatable bonds is 2. The number of aromatic nitrogens is 2. The Balaban J connectivity index is 0.00000196. The summed E-state index contributed by atoms with van der Waals surface area (Å²) in [4.78, 5) is 15.0. The molecule has 26 heavy (non-hydrogen) atoms. The maximum Gasteiger partial charge on any atom is 0.274 e. The van der Waals surface area contributed by atoms with Crippen LogP contribution in [-0.2, 0) is 12.8 Å². The van der Waals surface area contributed by atoms with E-state index >= 15 is 0 Å². The van der Waals surface area contributed by atoms with Gasteiger partial charge < -0.3 is 10.6 Å². The molecule has 2 N–H and O–H groups in total. The summed E-state index contributed by atoms with van der Waals surface area (Å²) in [7, 11) is 0. The lowest BCUT2D eigenvalue weighted by Crippen LogP contribution is -2.43. The molecule has 1 aromatic heterocycles. The fourth-order valence-corrected chi connectivity index (χ4v) is 4.10. The van der Waals surface area contributed by atoms with Gasteiger partial charge in [0.05, 0.1) is 5.69 Å². The van der Waals surface area contributed by atoms with Crippen molar-refractivity contribution in [2.45, 2.75) is 52.0 Å². The van der Waals surface area contributed by atoms with Crippen LogP contribution in [0.1, 0.15) is 52.1 Å². The van der Waals surface area contributed by atoms with Gasteiger partial charge in [0.2, 0.25) is 0 Å². The molecule has 1 aliphatic heterocycles. The molecule has 1 amide bonds. The molecule has 0 spiro atoms. The molecule has 2 heterocycles. The molecule has 5 nitrogen and oxygen atoms in total. The number of halogens is 1. The zero-order valence-corrected chi connectivity index (χ0v) is 16.3. The maximum absolute atomic E-state index is 13.1. The number of aryl methyl sites for hydroxylation is 2. The van der Waals surface area contributed by atoms with Crippen LogP contribution in [0.3, 0.4) is 0 Å². The lowest BCUT2D eigenvalue weighted by molar-refractivity contribution is 0.0707. The number of carbonyl (C=O) groups excluding carboxylic acids is 1. The fourth-order valence-electron chi connectivity index (χ4n) is 4.10. The molecule has 1 fully saturated rings. The van der Waals surface area contributed by atoms with Gasteiger partial charge in [0.15, 0.2) is 5.69 Å². The average Bonchev–Trinajstić information content (AvgIpc) is 3.18. The lowest BCUT2D eigenvalue weighted by atomic mass is 10.1. The van der Waals surface area contributed by atoms with Crippen LogP contribution in [0.15, 0.2) is 18.2 Å². The first kappa shape index (κ1) is 18.9. The number of benzene rings is 1. The highest BCUT2D eigenvalue weighted by molar-refractivity contribution is 5.94. The number of amides is 1. The van der Waals surface area contributed by atoms with Crippen molar-refractivity contribution < 1.29 is 4.79 Å². The third kappa shape index (κ3) is 3.26. The SMILES string of the molecule is Cc1ccc(-n2nc(C(=O)N3CCC(N)CC3)c3c2CCC3)c(C)c1.Cl. The van der Waals surface area contributed by atoms with E-state index in [4.69, 9.17) is 10.8 Å². The first-order valence-corrected chi connectivity index (χ1v) is 9.28. The second-order valence-electron chi connectivity index (χ2n) is 7.46. The third-order valence-corrected chi connectivity index (χ3v) is 5.54. The molecular formula is C20H27ClN4O. The van der Waals surface area contributed by atoms with E-state index in [0.717, 1.165) is 56.4 Å². The van der Waals surface area contributed by atoms with Gasteiger partial charge in [0, 0.05) is 30.4 Å². The number of nitrogens with two attached hydrogens (primary N) is 1. The first-order chi connectivity index (χ1) is 12.0. The molecule has 1 aromatic carbocycles. The summed E-state index contributed by atoms with van der Waals surface area (Å²) >= 11 is 0. The van der Waals surface area contributed by atoms with E-state index in [1.54, 1.807) is 0 Å². The van der Waals surface area contributed by atoms with Gasteiger partial charge in [0.25, 0.3) is 5.91 Å². The van der Waals surface area contributed by atoms with Gasteiger partial charge in [-0.2, -0.15) is 5.10 Å². The van der Waals surface area contributed by atoms with Crippen LogP contribution < -0.4 is 5.73 Å². The molecule has 0 radical (unpaired) electrons. The molecule has 4 rings (SSSR count). The van der Waals surface area contributed by atoms with E-state index in [1.807, 2.05) is 9.58 Å². The van der Waals surface area contributed by atoms with E-state index in [9.17, 15) is 4.79 Å². The molecule has 140 valence electrons. The minimum atomic E-state index is 0. The highest BCUT2D eigenvalue weighted by Crippen LogP contribution is 2.30. The largest absolute Gasteiger partial charge is 0.337 e. The van der Waals surface area contributed by atoms with Crippen molar-refractivity contribution in [1.82, 2.24) is 14.7 Å². The van der Waals surface area contributed by atoms with Gasteiger partial charge in [-0.15, -0.1) is 12.4 Å². The van der Waals surface area contributed by atoms with Gasteiger partial charge >= 0.3 is 0 Å². The van der Waals surface area contributed by atoms with Crippen molar-refractivity contribution in [2.24, 2.45) is 5.73 Å². The van der Waals surface area contributed by atoms with Crippen LogP contribution in [0.5, 0.6) is 0 Å². The monoisotopic (exact) mass is 374 g/mol. The van der Waals surface area contributed by atoms with Crippen LogP contribution in [0.2, 0.25) is 0 Å². The molecule has 0 bridgehead atoms. The summed E-state index contributed by atoms with van der Waals surface area (Å²) in [6.45, 7) is 5.69. The molecule has 2 aliphatic rings. The standard InChI is InChI=1S/C20H26N4O.ClH/c1-13-6-7-17(14(2)12-13)24-18-5-3-4-16(18)19(22-24)20(25)23-10-8-15(21)9-11-23;/h6-7,12,15H,3-5,8-11,21H2,1-2H3;1H. The molecule has 6 heteroatoms. The number of piperidine rings is 1. The second-order valence-corrected chi connectivity index (χ2v) is 7.46. The van der Waals surface area contributed by atoms with E-state index in [0.29, 0.717) is 5.69 Å². The number of hydrogen-bond acceptors (Lipinski definition) is 3. The highest BCUT2D eigenvalue weighted by Gasteiger charge is 2.31. The van der Waals surface area contributed by atoms with Gasteiger partial charge in [-0.25, -0.2) is 4.68 Å².